The Morgan fingerprint density at radius 2 is 1.44 bits per heavy atom. The molecule has 0 aromatic heterocycles. The number of ether oxygens (including phenoxy) is 2. The van der Waals surface area contributed by atoms with Gasteiger partial charge in [0.1, 0.15) is 17.2 Å². The van der Waals surface area contributed by atoms with Crippen molar-refractivity contribution in [1.82, 2.24) is 0 Å². The molecule has 122 valence electrons. The highest BCUT2D eigenvalue weighted by Crippen LogP contribution is 2.32. The van der Waals surface area contributed by atoms with Crippen LogP contribution in [0.25, 0.3) is 21.5 Å². The van der Waals surface area contributed by atoms with E-state index in [-0.39, 0.29) is 5.75 Å². The lowest BCUT2D eigenvalue weighted by Gasteiger charge is -2.09. The van der Waals surface area contributed by atoms with Gasteiger partial charge in [0.05, 0.1) is 0 Å². The fourth-order valence-corrected chi connectivity index (χ4v) is 2.78. The van der Waals surface area contributed by atoms with Crippen LogP contribution >= 0.6 is 0 Å². The van der Waals surface area contributed by atoms with E-state index in [2.05, 4.69) is 0 Å². The standard InChI is InChI=1S/C21H14O4/c22-19-11-12-20(18-8-4-3-7-17(18)19)25-21(23)24-16-10-9-14-5-1-2-6-15(14)13-16/h1-13,22H. The lowest BCUT2D eigenvalue weighted by molar-refractivity contribution is 0.152. The second-order valence-electron chi connectivity index (χ2n) is 5.59. The molecule has 0 radical (unpaired) electrons. The van der Waals surface area contributed by atoms with Crippen molar-refractivity contribution in [2.75, 3.05) is 0 Å². The minimum absolute atomic E-state index is 0.130. The van der Waals surface area contributed by atoms with Crippen LogP contribution in [0.3, 0.4) is 0 Å². The van der Waals surface area contributed by atoms with Gasteiger partial charge in [0.2, 0.25) is 0 Å². The van der Waals surface area contributed by atoms with Crippen LogP contribution in [0.15, 0.2) is 78.9 Å². The lowest BCUT2D eigenvalue weighted by atomic mass is 10.1. The first kappa shape index (κ1) is 15.0. The van der Waals surface area contributed by atoms with Gasteiger partial charge in [-0.3, -0.25) is 0 Å². The van der Waals surface area contributed by atoms with Crippen molar-refractivity contribution in [2.45, 2.75) is 0 Å². The molecule has 0 fully saturated rings. The Morgan fingerprint density at radius 1 is 0.720 bits per heavy atom. The molecule has 0 bridgehead atoms. The van der Waals surface area contributed by atoms with Crippen LogP contribution in [0.1, 0.15) is 0 Å². The van der Waals surface area contributed by atoms with Gasteiger partial charge in [0, 0.05) is 10.8 Å². The Morgan fingerprint density at radius 3 is 2.28 bits per heavy atom. The normalized spacial score (nSPS) is 10.7. The molecule has 4 rings (SSSR count). The van der Waals surface area contributed by atoms with Gasteiger partial charge in [-0.25, -0.2) is 4.79 Å². The number of hydrogen-bond acceptors (Lipinski definition) is 4. The summed E-state index contributed by atoms with van der Waals surface area (Å²) in [5, 5.41) is 13.2. The van der Waals surface area contributed by atoms with E-state index in [1.807, 2.05) is 36.4 Å². The second kappa shape index (κ2) is 6.17. The third-order valence-corrected chi connectivity index (χ3v) is 3.98. The molecule has 0 amide bonds. The smallest absolute Gasteiger partial charge is 0.507 e. The number of aromatic hydroxyl groups is 1. The predicted molar refractivity (Wildman–Crippen MR) is 96.2 cm³/mol. The van der Waals surface area contributed by atoms with Crippen LogP contribution < -0.4 is 9.47 Å². The minimum atomic E-state index is -0.828. The first-order valence-electron chi connectivity index (χ1n) is 7.80. The van der Waals surface area contributed by atoms with Crippen molar-refractivity contribution in [3.8, 4) is 17.2 Å². The molecule has 0 atom stereocenters. The summed E-state index contributed by atoms with van der Waals surface area (Å²) in [5.41, 5.74) is 0. The van der Waals surface area contributed by atoms with Gasteiger partial charge in [-0.2, -0.15) is 0 Å². The Hall–Kier alpha value is -3.53. The number of rotatable bonds is 2. The summed E-state index contributed by atoms with van der Waals surface area (Å²) in [6.07, 6.45) is -0.828. The van der Waals surface area contributed by atoms with Gasteiger partial charge < -0.3 is 14.6 Å². The molecule has 0 unspecified atom stereocenters. The van der Waals surface area contributed by atoms with Crippen molar-refractivity contribution in [1.29, 1.82) is 0 Å². The number of phenolic OH excluding ortho intramolecular Hbond substituents is 1. The van der Waals surface area contributed by atoms with Gasteiger partial charge in [0.25, 0.3) is 0 Å². The number of carbonyl (C=O) groups is 1. The Balaban J connectivity index is 1.59. The third-order valence-electron chi connectivity index (χ3n) is 3.98. The van der Waals surface area contributed by atoms with E-state index in [0.29, 0.717) is 22.3 Å². The van der Waals surface area contributed by atoms with Crippen molar-refractivity contribution in [3.05, 3.63) is 78.9 Å². The lowest BCUT2D eigenvalue weighted by Crippen LogP contribution is -2.13. The van der Waals surface area contributed by atoms with Crippen LogP contribution in [-0.4, -0.2) is 11.3 Å². The maximum absolute atomic E-state index is 12.1. The highest BCUT2D eigenvalue weighted by atomic mass is 16.7. The van der Waals surface area contributed by atoms with E-state index in [4.69, 9.17) is 9.47 Å². The number of hydrogen-bond donors (Lipinski definition) is 1. The zero-order chi connectivity index (χ0) is 17.2. The van der Waals surface area contributed by atoms with Crippen molar-refractivity contribution in [3.63, 3.8) is 0 Å². The fourth-order valence-electron chi connectivity index (χ4n) is 2.78. The molecule has 0 spiro atoms. The first-order chi connectivity index (χ1) is 12.2. The van der Waals surface area contributed by atoms with Gasteiger partial charge in [-0.15, -0.1) is 0 Å². The van der Waals surface area contributed by atoms with Gasteiger partial charge in [0.15, 0.2) is 0 Å². The summed E-state index contributed by atoms with van der Waals surface area (Å²) >= 11 is 0. The van der Waals surface area contributed by atoms with E-state index in [0.717, 1.165) is 10.8 Å². The fraction of sp³-hybridized carbons (Fsp3) is 0. The maximum Gasteiger partial charge on any atom is 0.519 e. The highest BCUT2D eigenvalue weighted by molar-refractivity contribution is 5.94. The molecule has 0 saturated carbocycles. The molecule has 0 heterocycles. The van der Waals surface area contributed by atoms with Crippen molar-refractivity contribution in [2.24, 2.45) is 0 Å². The van der Waals surface area contributed by atoms with Gasteiger partial charge in [-0.1, -0.05) is 54.6 Å². The molecule has 0 aliphatic carbocycles. The zero-order valence-corrected chi connectivity index (χ0v) is 13.2. The van der Waals surface area contributed by atoms with Gasteiger partial charge >= 0.3 is 6.16 Å². The largest absolute Gasteiger partial charge is 0.519 e. The zero-order valence-electron chi connectivity index (χ0n) is 13.2. The molecule has 0 aliphatic rings. The van der Waals surface area contributed by atoms with Gasteiger partial charge in [-0.05, 0) is 35.0 Å². The van der Waals surface area contributed by atoms with Crippen LogP contribution in [0.2, 0.25) is 0 Å². The third kappa shape index (κ3) is 2.97. The first-order valence-corrected chi connectivity index (χ1v) is 7.80. The minimum Gasteiger partial charge on any atom is -0.507 e. The summed E-state index contributed by atoms with van der Waals surface area (Å²) in [6.45, 7) is 0. The average Bonchev–Trinajstić information content (AvgIpc) is 2.64. The highest BCUT2D eigenvalue weighted by Gasteiger charge is 2.12. The average molecular weight is 330 g/mol. The van der Waals surface area contributed by atoms with Crippen LogP contribution in [0.4, 0.5) is 4.79 Å². The Kier molecular flexibility index (Phi) is 3.71. The molecular formula is C21H14O4. The van der Waals surface area contributed by atoms with E-state index in [1.54, 1.807) is 36.4 Å². The quantitative estimate of drug-likeness (QED) is 0.401. The summed E-state index contributed by atoms with van der Waals surface area (Å²) in [7, 11) is 0. The van der Waals surface area contributed by atoms with Crippen LogP contribution in [0, 0.1) is 0 Å². The number of phenols is 1. The summed E-state index contributed by atoms with van der Waals surface area (Å²) in [4.78, 5) is 12.1. The molecule has 4 heteroatoms. The molecule has 4 nitrogen and oxygen atoms in total. The topological polar surface area (TPSA) is 55.8 Å². The Labute approximate surface area is 143 Å². The second-order valence-corrected chi connectivity index (χ2v) is 5.59. The van der Waals surface area contributed by atoms with Crippen molar-refractivity contribution < 1.29 is 19.4 Å². The maximum atomic E-state index is 12.1. The predicted octanol–water partition coefficient (Wildman–Crippen LogP) is 5.28. The monoisotopic (exact) mass is 330 g/mol. The van der Waals surface area contributed by atoms with E-state index in [9.17, 15) is 9.90 Å². The van der Waals surface area contributed by atoms with E-state index in [1.165, 1.54) is 6.07 Å². The van der Waals surface area contributed by atoms with E-state index < -0.39 is 6.16 Å². The molecule has 0 aliphatic heterocycles. The number of benzene rings is 4. The summed E-state index contributed by atoms with van der Waals surface area (Å²) in [6, 6.07) is 23.4. The summed E-state index contributed by atoms with van der Waals surface area (Å²) < 4.78 is 10.6. The summed E-state index contributed by atoms with van der Waals surface area (Å²) in [5.74, 6) is 0.872. The molecule has 25 heavy (non-hydrogen) atoms. The Bertz CT molecular complexity index is 1090. The molecule has 0 saturated heterocycles. The molecule has 1 N–H and O–H groups in total. The van der Waals surface area contributed by atoms with Crippen LogP contribution in [-0.2, 0) is 0 Å². The molecule has 4 aromatic carbocycles. The number of carbonyl (C=O) groups excluding carboxylic acids is 1. The van der Waals surface area contributed by atoms with Crippen molar-refractivity contribution >= 4 is 27.7 Å². The SMILES string of the molecule is O=C(Oc1ccc2ccccc2c1)Oc1ccc(O)c2ccccc12. The molecular weight excluding hydrogens is 316 g/mol. The molecule has 4 aromatic rings. The van der Waals surface area contributed by atoms with Crippen LogP contribution in [0.5, 0.6) is 17.2 Å². The number of fused-ring (bicyclic) bond motifs is 2. The van der Waals surface area contributed by atoms with E-state index >= 15 is 0 Å².